The van der Waals surface area contributed by atoms with Gasteiger partial charge < -0.3 is 10.2 Å². The molecule has 16 heavy (non-hydrogen) atoms. The van der Waals surface area contributed by atoms with Crippen molar-refractivity contribution in [3.8, 4) is 11.5 Å². The first kappa shape index (κ1) is 10.9. The Balaban J connectivity index is 2.38. The molecule has 82 valence electrons. The van der Waals surface area contributed by atoms with Crippen molar-refractivity contribution in [3.05, 3.63) is 48.0 Å². The molecule has 2 rings (SSSR count). The summed E-state index contributed by atoms with van der Waals surface area (Å²) in [5.74, 6) is 0.475. The molecule has 0 fully saturated rings. The Bertz CT molecular complexity index is 489. The number of aryl methyl sites for hydroxylation is 1. The van der Waals surface area contributed by atoms with E-state index in [0.717, 1.165) is 15.4 Å². The first-order chi connectivity index (χ1) is 7.68. The summed E-state index contributed by atoms with van der Waals surface area (Å²) in [4.78, 5) is 1.52. The van der Waals surface area contributed by atoms with E-state index in [0.29, 0.717) is 0 Å². The average molecular weight is 232 g/mol. The van der Waals surface area contributed by atoms with E-state index in [4.69, 9.17) is 0 Å². The molecule has 0 atom stereocenters. The van der Waals surface area contributed by atoms with Gasteiger partial charge in [0.1, 0.15) is 11.5 Å². The average Bonchev–Trinajstić information content (AvgIpc) is 2.26. The van der Waals surface area contributed by atoms with Crippen LogP contribution >= 0.6 is 11.8 Å². The maximum absolute atomic E-state index is 9.74. The highest BCUT2D eigenvalue weighted by Crippen LogP contribution is 2.40. The van der Waals surface area contributed by atoms with E-state index in [9.17, 15) is 10.2 Å². The molecule has 2 aromatic carbocycles. The number of hydrogen-bond donors (Lipinski definition) is 2. The monoisotopic (exact) mass is 232 g/mol. The van der Waals surface area contributed by atoms with Crippen LogP contribution in [0, 0.1) is 6.92 Å². The molecule has 3 heteroatoms. The molecule has 0 aliphatic carbocycles. The molecular formula is C13H12O2S. The molecule has 0 spiro atoms. The highest BCUT2D eigenvalue weighted by molar-refractivity contribution is 7.99. The van der Waals surface area contributed by atoms with Gasteiger partial charge in [-0.1, -0.05) is 36.0 Å². The van der Waals surface area contributed by atoms with E-state index in [1.54, 1.807) is 24.3 Å². The molecule has 0 heterocycles. The normalized spacial score (nSPS) is 10.3. The zero-order valence-electron chi connectivity index (χ0n) is 8.84. The summed E-state index contributed by atoms with van der Waals surface area (Å²) in [6, 6.07) is 12.5. The summed E-state index contributed by atoms with van der Waals surface area (Å²) in [6.45, 7) is 1.93. The van der Waals surface area contributed by atoms with Crippen LogP contribution in [0.15, 0.2) is 52.3 Å². The van der Waals surface area contributed by atoms with Crippen LogP contribution in [0.4, 0.5) is 0 Å². The van der Waals surface area contributed by atoms with Crippen molar-refractivity contribution >= 4 is 11.8 Å². The van der Waals surface area contributed by atoms with Crippen LogP contribution in [0.1, 0.15) is 5.56 Å². The molecule has 0 saturated heterocycles. The number of rotatable bonds is 2. The smallest absolute Gasteiger partial charge is 0.129 e. The molecule has 0 amide bonds. The van der Waals surface area contributed by atoms with Crippen LogP contribution in [0.25, 0.3) is 0 Å². The number of phenolic OH excluding ortho intramolecular Hbond substituents is 2. The van der Waals surface area contributed by atoms with Crippen LogP contribution in [-0.4, -0.2) is 10.2 Å². The fraction of sp³-hybridized carbons (Fsp3) is 0.0769. The fourth-order valence-electron chi connectivity index (χ4n) is 1.42. The number of benzene rings is 2. The van der Waals surface area contributed by atoms with Gasteiger partial charge in [-0.25, -0.2) is 0 Å². The van der Waals surface area contributed by atoms with Crippen molar-refractivity contribution in [2.24, 2.45) is 0 Å². The van der Waals surface area contributed by atoms with E-state index in [1.165, 1.54) is 11.8 Å². The Hall–Kier alpha value is -1.61. The standard InChI is InChI=1S/C13H12O2S/c1-9-5-4-7-11(15)13(9)16-12-8-3-2-6-10(12)14/h2-8,14-15H,1H3. The molecule has 2 nitrogen and oxygen atoms in total. The lowest BCUT2D eigenvalue weighted by molar-refractivity contribution is 0.459. The summed E-state index contributed by atoms with van der Waals surface area (Å²) >= 11 is 1.37. The lowest BCUT2D eigenvalue weighted by atomic mass is 10.2. The van der Waals surface area contributed by atoms with Gasteiger partial charge in [-0.05, 0) is 30.7 Å². The van der Waals surface area contributed by atoms with Crippen molar-refractivity contribution in [1.29, 1.82) is 0 Å². The minimum absolute atomic E-state index is 0.232. The highest BCUT2D eigenvalue weighted by Gasteiger charge is 2.08. The van der Waals surface area contributed by atoms with Crippen molar-refractivity contribution in [3.63, 3.8) is 0 Å². The molecule has 0 radical (unpaired) electrons. The van der Waals surface area contributed by atoms with Gasteiger partial charge in [-0.3, -0.25) is 0 Å². The highest BCUT2D eigenvalue weighted by atomic mass is 32.2. The molecule has 0 aliphatic heterocycles. The van der Waals surface area contributed by atoms with Crippen LogP contribution in [0.3, 0.4) is 0 Å². The Morgan fingerprint density at radius 1 is 0.875 bits per heavy atom. The zero-order valence-corrected chi connectivity index (χ0v) is 9.66. The van der Waals surface area contributed by atoms with E-state index in [-0.39, 0.29) is 11.5 Å². The Kier molecular flexibility index (Phi) is 3.06. The minimum Gasteiger partial charge on any atom is -0.507 e. The first-order valence-electron chi connectivity index (χ1n) is 4.93. The third-order valence-corrected chi connectivity index (χ3v) is 3.57. The van der Waals surface area contributed by atoms with Crippen LogP contribution in [0.2, 0.25) is 0 Å². The lowest BCUT2D eigenvalue weighted by Gasteiger charge is -2.08. The second-order valence-electron chi connectivity index (χ2n) is 3.49. The van der Waals surface area contributed by atoms with Crippen molar-refractivity contribution in [2.75, 3.05) is 0 Å². The van der Waals surface area contributed by atoms with Gasteiger partial charge in [0, 0.05) is 0 Å². The molecule has 0 aromatic heterocycles. The predicted molar refractivity (Wildman–Crippen MR) is 65.1 cm³/mol. The minimum atomic E-state index is 0.232. The van der Waals surface area contributed by atoms with Crippen molar-refractivity contribution in [1.82, 2.24) is 0 Å². The van der Waals surface area contributed by atoms with Gasteiger partial charge >= 0.3 is 0 Å². The lowest BCUT2D eigenvalue weighted by Crippen LogP contribution is -1.81. The molecule has 2 aromatic rings. The van der Waals surface area contributed by atoms with Crippen LogP contribution < -0.4 is 0 Å². The summed E-state index contributed by atoms with van der Waals surface area (Å²) in [6.07, 6.45) is 0. The molecule has 0 bridgehead atoms. The van der Waals surface area contributed by atoms with E-state index < -0.39 is 0 Å². The number of phenols is 2. The van der Waals surface area contributed by atoms with Gasteiger partial charge in [0.2, 0.25) is 0 Å². The summed E-state index contributed by atoms with van der Waals surface area (Å²) in [7, 11) is 0. The fourth-order valence-corrected chi connectivity index (χ4v) is 2.36. The molecule has 0 aliphatic rings. The maximum Gasteiger partial charge on any atom is 0.129 e. The Morgan fingerprint density at radius 2 is 1.56 bits per heavy atom. The topological polar surface area (TPSA) is 40.5 Å². The van der Waals surface area contributed by atoms with Crippen molar-refractivity contribution in [2.45, 2.75) is 16.7 Å². The van der Waals surface area contributed by atoms with E-state index >= 15 is 0 Å². The van der Waals surface area contributed by atoms with E-state index in [2.05, 4.69) is 0 Å². The predicted octanol–water partition coefficient (Wildman–Crippen LogP) is 3.56. The van der Waals surface area contributed by atoms with Gasteiger partial charge in [0.05, 0.1) is 9.79 Å². The number of hydrogen-bond acceptors (Lipinski definition) is 3. The molecular weight excluding hydrogens is 220 g/mol. The Morgan fingerprint density at radius 3 is 2.25 bits per heavy atom. The van der Waals surface area contributed by atoms with Crippen molar-refractivity contribution < 1.29 is 10.2 Å². The third kappa shape index (κ3) is 2.14. The van der Waals surface area contributed by atoms with Crippen LogP contribution in [-0.2, 0) is 0 Å². The quantitative estimate of drug-likeness (QED) is 0.831. The zero-order chi connectivity index (χ0) is 11.5. The summed E-state index contributed by atoms with van der Waals surface area (Å²) in [5, 5.41) is 19.4. The number of para-hydroxylation sites is 1. The van der Waals surface area contributed by atoms with Gasteiger partial charge in [0.25, 0.3) is 0 Å². The van der Waals surface area contributed by atoms with E-state index in [1.807, 2.05) is 25.1 Å². The largest absolute Gasteiger partial charge is 0.507 e. The van der Waals surface area contributed by atoms with Gasteiger partial charge in [-0.15, -0.1) is 0 Å². The SMILES string of the molecule is Cc1cccc(O)c1Sc1ccccc1O. The Labute approximate surface area is 98.6 Å². The molecule has 2 N–H and O–H groups in total. The first-order valence-corrected chi connectivity index (χ1v) is 5.74. The van der Waals surface area contributed by atoms with Crippen LogP contribution in [0.5, 0.6) is 11.5 Å². The third-order valence-electron chi connectivity index (χ3n) is 2.27. The second-order valence-corrected chi connectivity index (χ2v) is 4.55. The molecule has 0 saturated carbocycles. The van der Waals surface area contributed by atoms with Gasteiger partial charge in [0.15, 0.2) is 0 Å². The summed E-state index contributed by atoms with van der Waals surface area (Å²) < 4.78 is 0. The molecule has 0 unspecified atom stereocenters. The number of aromatic hydroxyl groups is 2. The summed E-state index contributed by atoms with van der Waals surface area (Å²) in [5.41, 5.74) is 0.994. The second kappa shape index (κ2) is 4.49. The maximum atomic E-state index is 9.74. The van der Waals surface area contributed by atoms with Gasteiger partial charge in [-0.2, -0.15) is 0 Å².